The van der Waals surface area contributed by atoms with Gasteiger partial charge in [-0.15, -0.1) is 10.2 Å². The summed E-state index contributed by atoms with van der Waals surface area (Å²) in [6.45, 7) is 0. The molecule has 0 aromatic carbocycles. The first-order valence-electron chi connectivity index (χ1n) is 6.56. The van der Waals surface area contributed by atoms with Gasteiger partial charge in [0.2, 0.25) is 11.8 Å². The van der Waals surface area contributed by atoms with Crippen molar-refractivity contribution in [1.82, 2.24) is 30.0 Å². The third kappa shape index (κ3) is 4.08. The zero-order valence-electron chi connectivity index (χ0n) is 11.1. The number of unbranched alkanes of at least 4 members (excludes halogenated alkanes) is 3. The molecule has 2 aromatic rings. The van der Waals surface area contributed by atoms with Crippen LogP contribution in [0.2, 0.25) is 0 Å². The Kier molecular flexibility index (Phi) is 5.10. The van der Waals surface area contributed by atoms with E-state index in [0.717, 1.165) is 25.7 Å². The van der Waals surface area contributed by atoms with Crippen molar-refractivity contribution in [2.24, 2.45) is 0 Å². The summed E-state index contributed by atoms with van der Waals surface area (Å²) in [5, 5.41) is 14.5. The second-order valence-electron chi connectivity index (χ2n) is 4.40. The maximum atomic E-state index is 11.6. The van der Waals surface area contributed by atoms with Crippen molar-refractivity contribution in [3.8, 4) is 0 Å². The summed E-state index contributed by atoms with van der Waals surface area (Å²) in [5.41, 5.74) is 0. The lowest BCUT2D eigenvalue weighted by atomic mass is 10.1. The third-order valence-corrected chi connectivity index (χ3v) is 2.89. The molecule has 0 fully saturated rings. The van der Waals surface area contributed by atoms with Crippen LogP contribution in [0.4, 0.5) is 0 Å². The number of carbonyl (C=O) groups is 2. The summed E-state index contributed by atoms with van der Waals surface area (Å²) < 4.78 is 2.49. The number of carbonyl (C=O) groups excluding carboxylic acids is 2. The SMILES string of the molecule is O=C(CCCCCCC(=O)n1ccnn1)n1ccnn1. The molecule has 106 valence electrons. The molecule has 8 nitrogen and oxygen atoms in total. The number of aromatic nitrogens is 6. The topological polar surface area (TPSA) is 95.6 Å². The molecule has 0 aliphatic rings. The van der Waals surface area contributed by atoms with Crippen molar-refractivity contribution < 1.29 is 9.59 Å². The molecular formula is C12H16N6O2. The van der Waals surface area contributed by atoms with Gasteiger partial charge in [-0.25, -0.2) is 0 Å². The Morgan fingerprint density at radius 2 is 1.20 bits per heavy atom. The highest BCUT2D eigenvalue weighted by Gasteiger charge is 2.06. The van der Waals surface area contributed by atoms with Gasteiger partial charge in [-0.2, -0.15) is 9.36 Å². The zero-order valence-corrected chi connectivity index (χ0v) is 11.1. The van der Waals surface area contributed by atoms with Crippen LogP contribution in [0, 0.1) is 0 Å². The van der Waals surface area contributed by atoms with Gasteiger partial charge in [0.05, 0.1) is 24.8 Å². The molecule has 2 rings (SSSR count). The fourth-order valence-corrected chi connectivity index (χ4v) is 1.82. The first kappa shape index (κ1) is 14.0. The Hall–Kier alpha value is -2.38. The van der Waals surface area contributed by atoms with E-state index in [1.807, 2.05) is 0 Å². The van der Waals surface area contributed by atoms with Crippen molar-refractivity contribution >= 4 is 11.8 Å². The minimum Gasteiger partial charge on any atom is -0.273 e. The van der Waals surface area contributed by atoms with E-state index in [1.165, 1.54) is 21.8 Å². The van der Waals surface area contributed by atoms with Crippen molar-refractivity contribution in [3.05, 3.63) is 24.8 Å². The second-order valence-corrected chi connectivity index (χ2v) is 4.40. The summed E-state index contributed by atoms with van der Waals surface area (Å²) in [5.74, 6) is -0.109. The number of hydrogen-bond donors (Lipinski definition) is 0. The monoisotopic (exact) mass is 276 g/mol. The Morgan fingerprint density at radius 3 is 1.55 bits per heavy atom. The predicted molar refractivity (Wildman–Crippen MR) is 69.0 cm³/mol. The average molecular weight is 276 g/mol. The molecule has 0 saturated heterocycles. The summed E-state index contributed by atoms with van der Waals surface area (Å²) in [6.07, 6.45) is 10.3. The molecule has 0 aliphatic carbocycles. The van der Waals surface area contributed by atoms with Crippen LogP contribution in [0.1, 0.15) is 48.1 Å². The molecular weight excluding hydrogens is 260 g/mol. The molecule has 0 atom stereocenters. The Labute approximate surface area is 115 Å². The van der Waals surface area contributed by atoms with Crippen molar-refractivity contribution in [2.75, 3.05) is 0 Å². The molecule has 2 aromatic heterocycles. The summed E-state index contributed by atoms with van der Waals surface area (Å²) >= 11 is 0. The average Bonchev–Trinajstić information content (AvgIpc) is 3.14. The highest BCUT2D eigenvalue weighted by atomic mass is 16.2. The Bertz CT molecular complexity index is 484. The first-order valence-corrected chi connectivity index (χ1v) is 6.56. The lowest BCUT2D eigenvalue weighted by molar-refractivity contribution is 0.0867. The van der Waals surface area contributed by atoms with Gasteiger partial charge < -0.3 is 0 Å². The molecule has 0 spiro atoms. The fraction of sp³-hybridized carbons (Fsp3) is 0.500. The molecule has 20 heavy (non-hydrogen) atoms. The molecule has 8 heteroatoms. The van der Waals surface area contributed by atoms with Crippen LogP contribution in [0.25, 0.3) is 0 Å². The van der Waals surface area contributed by atoms with E-state index >= 15 is 0 Å². The van der Waals surface area contributed by atoms with E-state index < -0.39 is 0 Å². The molecule has 0 radical (unpaired) electrons. The number of rotatable bonds is 7. The van der Waals surface area contributed by atoms with Crippen LogP contribution in [-0.2, 0) is 0 Å². The van der Waals surface area contributed by atoms with E-state index in [1.54, 1.807) is 12.4 Å². The van der Waals surface area contributed by atoms with Crippen LogP contribution < -0.4 is 0 Å². The molecule has 0 unspecified atom stereocenters. The number of nitrogens with zero attached hydrogens (tertiary/aromatic N) is 6. The largest absolute Gasteiger partial charge is 0.273 e. The van der Waals surface area contributed by atoms with Crippen LogP contribution in [0.3, 0.4) is 0 Å². The first-order chi connectivity index (χ1) is 9.77. The van der Waals surface area contributed by atoms with Crippen molar-refractivity contribution in [1.29, 1.82) is 0 Å². The van der Waals surface area contributed by atoms with Crippen LogP contribution in [-0.4, -0.2) is 41.8 Å². The van der Waals surface area contributed by atoms with E-state index in [4.69, 9.17) is 0 Å². The minimum atomic E-state index is -0.0545. The highest BCUT2D eigenvalue weighted by Crippen LogP contribution is 2.07. The summed E-state index contributed by atoms with van der Waals surface area (Å²) in [4.78, 5) is 23.2. The minimum absolute atomic E-state index is 0.0545. The van der Waals surface area contributed by atoms with E-state index in [9.17, 15) is 9.59 Å². The van der Waals surface area contributed by atoms with Crippen molar-refractivity contribution in [2.45, 2.75) is 38.5 Å². The molecule has 0 N–H and O–H groups in total. The van der Waals surface area contributed by atoms with Gasteiger partial charge in [-0.3, -0.25) is 9.59 Å². The maximum absolute atomic E-state index is 11.6. The van der Waals surface area contributed by atoms with Gasteiger partial charge in [0.1, 0.15) is 0 Å². The molecule has 0 amide bonds. The van der Waals surface area contributed by atoms with Gasteiger partial charge >= 0.3 is 0 Å². The summed E-state index contributed by atoms with van der Waals surface area (Å²) in [7, 11) is 0. The highest BCUT2D eigenvalue weighted by molar-refractivity contribution is 5.77. The molecule has 0 aliphatic heterocycles. The quantitative estimate of drug-likeness (QED) is 0.705. The third-order valence-electron chi connectivity index (χ3n) is 2.89. The van der Waals surface area contributed by atoms with Gasteiger partial charge in [0.25, 0.3) is 0 Å². The van der Waals surface area contributed by atoms with Gasteiger partial charge in [0.15, 0.2) is 0 Å². The zero-order chi connectivity index (χ0) is 14.2. The fourth-order valence-electron chi connectivity index (χ4n) is 1.82. The number of hydrogen-bond acceptors (Lipinski definition) is 6. The standard InChI is InChI=1S/C12H16N6O2/c19-11(17-9-7-13-15-17)5-3-1-2-4-6-12(20)18-10-8-14-16-18/h7-10H,1-6H2. The molecule has 0 saturated carbocycles. The van der Waals surface area contributed by atoms with Gasteiger partial charge in [0, 0.05) is 12.8 Å². The smallest absolute Gasteiger partial charge is 0.248 e. The van der Waals surface area contributed by atoms with Crippen LogP contribution in [0.5, 0.6) is 0 Å². The van der Waals surface area contributed by atoms with E-state index in [2.05, 4.69) is 20.6 Å². The van der Waals surface area contributed by atoms with E-state index in [0.29, 0.717) is 12.8 Å². The Balaban J connectivity index is 1.54. The maximum Gasteiger partial charge on any atom is 0.248 e. The van der Waals surface area contributed by atoms with Crippen LogP contribution in [0.15, 0.2) is 24.8 Å². The molecule has 2 heterocycles. The van der Waals surface area contributed by atoms with Crippen LogP contribution >= 0.6 is 0 Å². The normalized spacial score (nSPS) is 10.6. The molecule has 0 bridgehead atoms. The summed E-state index contributed by atoms with van der Waals surface area (Å²) in [6, 6.07) is 0. The Morgan fingerprint density at radius 1 is 0.750 bits per heavy atom. The van der Waals surface area contributed by atoms with Gasteiger partial charge in [-0.1, -0.05) is 23.3 Å². The van der Waals surface area contributed by atoms with Gasteiger partial charge in [-0.05, 0) is 12.8 Å². The predicted octanol–water partition coefficient (Wildman–Crippen LogP) is 1.19. The second kappa shape index (κ2) is 7.27. The lowest BCUT2D eigenvalue weighted by Gasteiger charge is -2.01. The van der Waals surface area contributed by atoms with E-state index in [-0.39, 0.29) is 11.8 Å². The lowest BCUT2D eigenvalue weighted by Crippen LogP contribution is -2.11. The van der Waals surface area contributed by atoms with Crippen molar-refractivity contribution in [3.63, 3.8) is 0 Å².